The predicted octanol–water partition coefficient (Wildman–Crippen LogP) is 4.70. The van der Waals surface area contributed by atoms with Gasteiger partial charge in [0, 0.05) is 16.9 Å². The lowest BCUT2D eigenvalue weighted by Crippen LogP contribution is -2.18. The number of halogens is 1. The second kappa shape index (κ2) is 7.47. The number of nitrogens with zero attached hydrogens (tertiary/aromatic N) is 2. The van der Waals surface area contributed by atoms with Crippen LogP contribution in [0.5, 0.6) is 0 Å². The van der Waals surface area contributed by atoms with Gasteiger partial charge in [-0.1, -0.05) is 35.9 Å². The Hall–Kier alpha value is -2.37. The van der Waals surface area contributed by atoms with Crippen molar-refractivity contribution in [3.05, 3.63) is 77.1 Å². The molecule has 1 heterocycles. The van der Waals surface area contributed by atoms with Crippen molar-refractivity contribution in [2.24, 2.45) is 0 Å². The molecule has 6 heteroatoms. The average molecular weight is 357 g/mol. The van der Waals surface area contributed by atoms with Crippen molar-refractivity contribution in [2.45, 2.75) is 13.5 Å². The molecule has 0 amide bonds. The van der Waals surface area contributed by atoms with Gasteiger partial charge in [-0.25, -0.2) is 0 Å². The molecule has 24 heavy (non-hydrogen) atoms. The topological polar surface area (TPSA) is 41.9 Å². The van der Waals surface area contributed by atoms with Crippen LogP contribution in [0.1, 0.15) is 11.1 Å². The predicted molar refractivity (Wildman–Crippen MR) is 104 cm³/mol. The van der Waals surface area contributed by atoms with Crippen molar-refractivity contribution in [2.75, 3.05) is 10.6 Å². The third-order valence-electron chi connectivity index (χ3n) is 3.40. The summed E-state index contributed by atoms with van der Waals surface area (Å²) in [6.07, 6.45) is 3.65. The lowest BCUT2D eigenvalue weighted by molar-refractivity contribution is 0.687. The van der Waals surface area contributed by atoms with E-state index in [9.17, 15) is 0 Å². The summed E-state index contributed by atoms with van der Waals surface area (Å²) in [4.78, 5) is 0. The first-order valence-electron chi connectivity index (χ1n) is 7.50. The molecule has 0 spiro atoms. The van der Waals surface area contributed by atoms with E-state index in [2.05, 4.69) is 15.7 Å². The van der Waals surface area contributed by atoms with Gasteiger partial charge in [-0.05, 0) is 54.5 Å². The molecule has 0 saturated heterocycles. The van der Waals surface area contributed by atoms with Crippen LogP contribution in [-0.2, 0) is 6.54 Å². The summed E-state index contributed by atoms with van der Waals surface area (Å²) in [5.41, 5.74) is 4.07. The maximum atomic E-state index is 6.01. The molecule has 2 N–H and O–H groups in total. The molecule has 0 fully saturated rings. The molecule has 0 unspecified atom stereocenters. The van der Waals surface area contributed by atoms with Crippen molar-refractivity contribution in [3.63, 3.8) is 0 Å². The number of thiocarbonyl (C=S) groups is 1. The molecule has 4 nitrogen and oxygen atoms in total. The molecule has 0 bridgehead atoms. The van der Waals surface area contributed by atoms with E-state index in [0.29, 0.717) is 11.7 Å². The highest BCUT2D eigenvalue weighted by molar-refractivity contribution is 7.80. The van der Waals surface area contributed by atoms with Crippen molar-refractivity contribution in [1.82, 2.24) is 9.78 Å². The number of aromatic nitrogens is 2. The Labute approximate surface area is 151 Å². The van der Waals surface area contributed by atoms with Gasteiger partial charge in [-0.15, -0.1) is 0 Å². The normalized spacial score (nSPS) is 10.4. The van der Waals surface area contributed by atoms with Crippen molar-refractivity contribution in [3.8, 4) is 0 Å². The zero-order valence-corrected chi connectivity index (χ0v) is 14.7. The highest BCUT2D eigenvalue weighted by Gasteiger charge is 2.03. The Balaban J connectivity index is 1.60. The summed E-state index contributed by atoms with van der Waals surface area (Å²) >= 11 is 11.3. The van der Waals surface area contributed by atoms with Crippen LogP contribution < -0.4 is 10.6 Å². The SMILES string of the molecule is Cc1cccc(NC(=S)Nc2cnn(Cc3cccc(Cl)c3)c2)c1. The van der Waals surface area contributed by atoms with Crippen LogP contribution in [0, 0.1) is 6.92 Å². The zero-order chi connectivity index (χ0) is 16.9. The molecule has 0 aliphatic heterocycles. The zero-order valence-electron chi connectivity index (χ0n) is 13.2. The lowest BCUT2D eigenvalue weighted by atomic mass is 10.2. The van der Waals surface area contributed by atoms with Crippen molar-refractivity contribution < 1.29 is 0 Å². The highest BCUT2D eigenvalue weighted by atomic mass is 35.5. The van der Waals surface area contributed by atoms with Gasteiger partial charge < -0.3 is 10.6 Å². The number of aryl methyl sites for hydroxylation is 1. The van der Waals surface area contributed by atoms with Crippen LogP contribution in [-0.4, -0.2) is 14.9 Å². The Morgan fingerprint density at radius 3 is 2.71 bits per heavy atom. The second-order valence-electron chi connectivity index (χ2n) is 5.51. The molecule has 1 aromatic heterocycles. The molecule has 122 valence electrons. The molecule has 0 aliphatic rings. The molecule has 3 aromatic rings. The molecule has 0 saturated carbocycles. The van der Waals surface area contributed by atoms with Gasteiger partial charge in [-0.3, -0.25) is 4.68 Å². The Kier molecular flexibility index (Phi) is 5.13. The fourth-order valence-corrected chi connectivity index (χ4v) is 2.80. The minimum atomic E-state index is 0.530. The van der Waals surface area contributed by atoms with Crippen LogP contribution in [0.25, 0.3) is 0 Å². The monoisotopic (exact) mass is 356 g/mol. The molecule has 0 radical (unpaired) electrons. The fourth-order valence-electron chi connectivity index (χ4n) is 2.35. The summed E-state index contributed by atoms with van der Waals surface area (Å²) in [5.74, 6) is 0. The smallest absolute Gasteiger partial charge is 0.175 e. The van der Waals surface area contributed by atoms with E-state index >= 15 is 0 Å². The van der Waals surface area contributed by atoms with Gasteiger partial charge in [0.25, 0.3) is 0 Å². The second-order valence-corrected chi connectivity index (χ2v) is 6.35. The van der Waals surface area contributed by atoms with E-state index in [1.165, 1.54) is 5.56 Å². The van der Waals surface area contributed by atoms with Gasteiger partial charge in [-0.2, -0.15) is 5.10 Å². The van der Waals surface area contributed by atoms with E-state index in [-0.39, 0.29) is 0 Å². The van der Waals surface area contributed by atoms with Crippen LogP contribution >= 0.6 is 23.8 Å². The summed E-state index contributed by atoms with van der Waals surface area (Å²) < 4.78 is 1.84. The summed E-state index contributed by atoms with van der Waals surface area (Å²) in [7, 11) is 0. The van der Waals surface area contributed by atoms with Crippen LogP contribution in [0.15, 0.2) is 60.9 Å². The molecular formula is C18H17ClN4S. The number of anilines is 2. The van der Waals surface area contributed by atoms with E-state index in [1.54, 1.807) is 6.20 Å². The quantitative estimate of drug-likeness (QED) is 0.665. The van der Waals surface area contributed by atoms with E-state index in [0.717, 1.165) is 22.0 Å². The lowest BCUT2D eigenvalue weighted by Gasteiger charge is -2.09. The molecular weight excluding hydrogens is 340 g/mol. The first-order chi connectivity index (χ1) is 11.6. The Morgan fingerprint density at radius 2 is 1.92 bits per heavy atom. The van der Waals surface area contributed by atoms with Gasteiger partial charge in [0.2, 0.25) is 0 Å². The van der Waals surface area contributed by atoms with Gasteiger partial charge in [0.15, 0.2) is 5.11 Å². The number of benzene rings is 2. The number of hydrogen-bond acceptors (Lipinski definition) is 2. The number of hydrogen-bond donors (Lipinski definition) is 2. The number of rotatable bonds is 4. The fraction of sp³-hybridized carbons (Fsp3) is 0.111. The molecule has 2 aromatic carbocycles. The Bertz CT molecular complexity index is 859. The first-order valence-corrected chi connectivity index (χ1v) is 8.29. The summed E-state index contributed by atoms with van der Waals surface area (Å²) in [5, 5.41) is 11.9. The van der Waals surface area contributed by atoms with E-state index < -0.39 is 0 Å². The first kappa shape index (κ1) is 16.5. The van der Waals surface area contributed by atoms with Crippen LogP contribution in [0.2, 0.25) is 5.02 Å². The highest BCUT2D eigenvalue weighted by Crippen LogP contribution is 2.14. The maximum absolute atomic E-state index is 6.01. The van der Waals surface area contributed by atoms with Gasteiger partial charge in [0.05, 0.1) is 18.4 Å². The molecule has 0 aliphatic carbocycles. The maximum Gasteiger partial charge on any atom is 0.175 e. The van der Waals surface area contributed by atoms with E-state index in [4.69, 9.17) is 23.8 Å². The van der Waals surface area contributed by atoms with Crippen LogP contribution in [0.4, 0.5) is 11.4 Å². The minimum Gasteiger partial charge on any atom is -0.332 e. The molecule has 0 atom stereocenters. The van der Waals surface area contributed by atoms with E-state index in [1.807, 2.05) is 66.3 Å². The van der Waals surface area contributed by atoms with Crippen molar-refractivity contribution in [1.29, 1.82) is 0 Å². The third kappa shape index (κ3) is 4.57. The van der Waals surface area contributed by atoms with Crippen molar-refractivity contribution >= 4 is 40.3 Å². The standard InChI is InChI=1S/C18H17ClN4S/c1-13-4-2-7-16(8-13)21-18(24)22-17-10-20-23(12-17)11-14-5-3-6-15(19)9-14/h2-10,12H,11H2,1H3,(H2,21,22,24). The van der Waals surface area contributed by atoms with Gasteiger partial charge in [0.1, 0.15) is 0 Å². The van der Waals surface area contributed by atoms with Gasteiger partial charge >= 0.3 is 0 Å². The Morgan fingerprint density at radius 1 is 1.12 bits per heavy atom. The average Bonchev–Trinajstić information content (AvgIpc) is 2.94. The minimum absolute atomic E-state index is 0.530. The third-order valence-corrected chi connectivity index (χ3v) is 3.84. The summed E-state index contributed by atoms with van der Waals surface area (Å²) in [6.45, 7) is 2.70. The summed E-state index contributed by atoms with van der Waals surface area (Å²) in [6, 6.07) is 15.8. The largest absolute Gasteiger partial charge is 0.332 e. The number of nitrogens with one attached hydrogen (secondary N) is 2. The molecule has 3 rings (SSSR count). The van der Waals surface area contributed by atoms with Crippen LogP contribution in [0.3, 0.4) is 0 Å².